The number of benzene rings is 2. The molecule has 6 nitrogen and oxygen atoms in total. The van der Waals surface area contributed by atoms with Crippen LogP contribution in [0.25, 0.3) is 0 Å². The molecule has 0 N–H and O–H groups in total. The van der Waals surface area contributed by atoms with Crippen LogP contribution in [0.5, 0.6) is 0 Å². The molecule has 0 unspecified atom stereocenters. The van der Waals surface area contributed by atoms with Crippen molar-refractivity contribution in [2.75, 3.05) is 33.4 Å². The predicted molar refractivity (Wildman–Crippen MR) is 139 cm³/mol. The number of amides is 2. The maximum Gasteiger partial charge on any atom is 0.257 e. The Balaban J connectivity index is 1.78. The number of hydrogen-bond acceptors (Lipinski definition) is 3. The fraction of sp³-hybridized carbons (Fsp3) is 0.379. The molecule has 0 bridgehead atoms. The summed E-state index contributed by atoms with van der Waals surface area (Å²) in [5.41, 5.74) is 2.13. The summed E-state index contributed by atoms with van der Waals surface area (Å²) in [5.74, 6) is -0.921. The summed E-state index contributed by atoms with van der Waals surface area (Å²) in [7, 11) is 1.59. The smallest absolute Gasteiger partial charge is 0.257 e. The Bertz CT molecular complexity index is 1110. The first-order chi connectivity index (χ1) is 17.4. The van der Waals surface area contributed by atoms with Gasteiger partial charge in [0.25, 0.3) is 5.91 Å². The Morgan fingerprint density at radius 3 is 2.36 bits per heavy atom. The molecule has 2 aromatic carbocycles. The van der Waals surface area contributed by atoms with Gasteiger partial charge in [0.2, 0.25) is 5.91 Å². The fourth-order valence-electron chi connectivity index (χ4n) is 3.95. The van der Waals surface area contributed by atoms with Crippen molar-refractivity contribution in [1.29, 1.82) is 0 Å². The molecule has 192 valence electrons. The van der Waals surface area contributed by atoms with Crippen molar-refractivity contribution in [3.63, 3.8) is 0 Å². The standard InChI is InChI=1S/C29H36FN3O3/c1-23(2)15-17-33(29(35)26-13-7-8-14-27(26)30)22-28(34)32(18-19-36-3)21-25-12-9-16-31(25)20-24-10-5-4-6-11-24/h4-14,16,23H,15,17-22H2,1-3H3. The van der Waals surface area contributed by atoms with E-state index in [0.717, 1.165) is 5.69 Å². The van der Waals surface area contributed by atoms with Crippen molar-refractivity contribution in [2.24, 2.45) is 5.92 Å². The molecule has 1 heterocycles. The third-order valence-corrected chi connectivity index (χ3v) is 6.08. The monoisotopic (exact) mass is 493 g/mol. The number of carbonyl (C=O) groups excluding carboxylic acids is 2. The highest BCUT2D eigenvalue weighted by Gasteiger charge is 2.25. The summed E-state index contributed by atoms with van der Waals surface area (Å²) in [6, 6.07) is 20.0. The van der Waals surface area contributed by atoms with Crippen molar-refractivity contribution in [3.05, 3.63) is 95.6 Å². The Hall–Kier alpha value is -3.45. The molecule has 0 spiro atoms. The van der Waals surface area contributed by atoms with E-state index < -0.39 is 11.7 Å². The number of rotatable bonds is 13. The molecule has 36 heavy (non-hydrogen) atoms. The van der Waals surface area contributed by atoms with Crippen molar-refractivity contribution in [1.82, 2.24) is 14.4 Å². The molecular weight excluding hydrogens is 457 g/mol. The molecule has 1 aromatic heterocycles. The van der Waals surface area contributed by atoms with Crippen LogP contribution in [0.1, 0.15) is 41.9 Å². The average molecular weight is 494 g/mol. The lowest BCUT2D eigenvalue weighted by molar-refractivity contribution is -0.133. The minimum absolute atomic E-state index is 0.0192. The van der Waals surface area contributed by atoms with E-state index in [4.69, 9.17) is 4.74 Å². The molecular formula is C29H36FN3O3. The van der Waals surface area contributed by atoms with Gasteiger partial charge in [-0.1, -0.05) is 56.3 Å². The van der Waals surface area contributed by atoms with Crippen LogP contribution in [0.2, 0.25) is 0 Å². The van der Waals surface area contributed by atoms with Gasteiger partial charge in [-0.15, -0.1) is 0 Å². The fourth-order valence-corrected chi connectivity index (χ4v) is 3.95. The highest BCUT2D eigenvalue weighted by molar-refractivity contribution is 5.96. The first kappa shape index (κ1) is 27.1. The molecule has 7 heteroatoms. The molecule has 3 rings (SSSR count). The first-order valence-corrected chi connectivity index (χ1v) is 12.4. The molecule has 2 amide bonds. The van der Waals surface area contributed by atoms with Crippen LogP contribution in [0.15, 0.2) is 72.9 Å². The van der Waals surface area contributed by atoms with Gasteiger partial charge in [0.1, 0.15) is 12.4 Å². The molecule has 0 radical (unpaired) electrons. The van der Waals surface area contributed by atoms with E-state index in [1.165, 1.54) is 22.6 Å². The van der Waals surface area contributed by atoms with Gasteiger partial charge in [0.15, 0.2) is 0 Å². The largest absolute Gasteiger partial charge is 0.383 e. The van der Waals surface area contributed by atoms with Crippen LogP contribution in [-0.2, 0) is 22.6 Å². The molecule has 0 aliphatic carbocycles. The van der Waals surface area contributed by atoms with Gasteiger partial charge in [-0.05, 0) is 42.2 Å². The summed E-state index contributed by atoms with van der Waals surface area (Å²) in [6.45, 7) is 6.20. The van der Waals surface area contributed by atoms with Crippen LogP contribution in [-0.4, -0.2) is 59.5 Å². The van der Waals surface area contributed by atoms with Crippen LogP contribution in [0.3, 0.4) is 0 Å². The number of hydrogen-bond donors (Lipinski definition) is 0. The van der Waals surface area contributed by atoms with Gasteiger partial charge in [0, 0.05) is 38.6 Å². The highest BCUT2D eigenvalue weighted by Crippen LogP contribution is 2.15. The normalized spacial score (nSPS) is 11.0. The number of carbonyl (C=O) groups is 2. The number of aromatic nitrogens is 1. The molecule has 0 aliphatic heterocycles. The van der Waals surface area contributed by atoms with Gasteiger partial charge >= 0.3 is 0 Å². The summed E-state index contributed by atoms with van der Waals surface area (Å²) in [5, 5.41) is 0. The van der Waals surface area contributed by atoms with Crippen molar-refractivity contribution in [2.45, 2.75) is 33.4 Å². The quantitative estimate of drug-likeness (QED) is 0.342. The first-order valence-electron chi connectivity index (χ1n) is 12.4. The van der Waals surface area contributed by atoms with E-state index in [9.17, 15) is 14.0 Å². The van der Waals surface area contributed by atoms with Gasteiger partial charge in [-0.25, -0.2) is 4.39 Å². The van der Waals surface area contributed by atoms with Crippen LogP contribution < -0.4 is 0 Å². The van der Waals surface area contributed by atoms with Gasteiger partial charge in [-0.2, -0.15) is 0 Å². The second-order valence-electron chi connectivity index (χ2n) is 9.31. The number of nitrogens with zero attached hydrogens (tertiary/aromatic N) is 3. The summed E-state index contributed by atoms with van der Waals surface area (Å²) in [6.07, 6.45) is 2.71. The highest BCUT2D eigenvalue weighted by atomic mass is 19.1. The lowest BCUT2D eigenvalue weighted by Gasteiger charge is -2.28. The molecule has 0 saturated heterocycles. The molecule has 0 aliphatic rings. The topological polar surface area (TPSA) is 54.8 Å². The zero-order valence-electron chi connectivity index (χ0n) is 21.4. The Labute approximate surface area is 213 Å². The predicted octanol–water partition coefficient (Wildman–Crippen LogP) is 4.84. The minimum Gasteiger partial charge on any atom is -0.383 e. The molecule has 0 atom stereocenters. The van der Waals surface area contributed by atoms with E-state index in [2.05, 4.69) is 30.5 Å². The summed E-state index contributed by atoms with van der Waals surface area (Å²) in [4.78, 5) is 29.9. The lowest BCUT2D eigenvalue weighted by Crippen LogP contribution is -2.44. The van der Waals surface area contributed by atoms with Crippen LogP contribution >= 0.6 is 0 Å². The Morgan fingerprint density at radius 1 is 0.944 bits per heavy atom. The Kier molecular flexibility index (Phi) is 10.2. The zero-order chi connectivity index (χ0) is 25.9. The lowest BCUT2D eigenvalue weighted by atomic mass is 10.1. The third kappa shape index (κ3) is 7.78. The van der Waals surface area contributed by atoms with E-state index in [1.54, 1.807) is 24.1 Å². The van der Waals surface area contributed by atoms with Crippen molar-refractivity contribution in [3.8, 4) is 0 Å². The van der Waals surface area contributed by atoms with Crippen LogP contribution in [0, 0.1) is 11.7 Å². The molecule has 0 fully saturated rings. The van der Waals surface area contributed by atoms with E-state index >= 15 is 0 Å². The van der Waals surface area contributed by atoms with E-state index in [0.29, 0.717) is 45.1 Å². The number of ether oxygens (including phenoxy) is 1. The molecule has 0 saturated carbocycles. The second-order valence-corrected chi connectivity index (χ2v) is 9.31. The maximum atomic E-state index is 14.4. The third-order valence-electron chi connectivity index (χ3n) is 6.08. The van der Waals surface area contributed by atoms with Gasteiger partial charge in [0.05, 0.1) is 18.7 Å². The van der Waals surface area contributed by atoms with E-state index in [-0.39, 0.29) is 18.0 Å². The number of methoxy groups -OCH3 is 1. The van der Waals surface area contributed by atoms with Crippen LogP contribution in [0.4, 0.5) is 4.39 Å². The zero-order valence-corrected chi connectivity index (χ0v) is 21.4. The summed E-state index contributed by atoms with van der Waals surface area (Å²) < 4.78 is 21.7. The minimum atomic E-state index is -0.584. The SMILES string of the molecule is COCCN(Cc1cccn1Cc1ccccc1)C(=O)CN(CCC(C)C)C(=O)c1ccccc1F. The maximum absolute atomic E-state index is 14.4. The van der Waals surface area contributed by atoms with Crippen molar-refractivity contribution < 1.29 is 18.7 Å². The van der Waals surface area contributed by atoms with Gasteiger partial charge < -0.3 is 19.1 Å². The average Bonchev–Trinajstić information content (AvgIpc) is 3.30. The Morgan fingerprint density at radius 2 is 1.67 bits per heavy atom. The molecule has 3 aromatic rings. The number of halogens is 1. The van der Waals surface area contributed by atoms with E-state index in [1.807, 2.05) is 36.5 Å². The van der Waals surface area contributed by atoms with Crippen molar-refractivity contribution >= 4 is 11.8 Å². The summed E-state index contributed by atoms with van der Waals surface area (Å²) >= 11 is 0. The van der Waals surface area contributed by atoms with Gasteiger partial charge in [-0.3, -0.25) is 9.59 Å². The second kappa shape index (κ2) is 13.6.